The standard InChI is InChI=1S/C44H29BrN2/c45-40-17-9-12-32-22-27-41-44(43(32)40)39-26-21-34(29-42(39)47(41)36-15-5-2-6-16-36)31-18-23-37(24-19-31)46(35-13-3-1-4-14-35)38-25-20-30-10-7-8-11-33(30)28-38/h1-29H. The molecule has 9 aromatic rings. The first kappa shape index (κ1) is 27.7. The van der Waals surface area contributed by atoms with E-state index in [2.05, 4.69) is 201 Å². The number of anilines is 3. The van der Waals surface area contributed by atoms with Gasteiger partial charge in [-0.3, -0.25) is 0 Å². The van der Waals surface area contributed by atoms with Crippen LogP contribution in [0.25, 0.3) is 60.2 Å². The van der Waals surface area contributed by atoms with E-state index >= 15 is 0 Å². The molecule has 2 nitrogen and oxygen atoms in total. The van der Waals surface area contributed by atoms with Gasteiger partial charge in [0.05, 0.1) is 11.0 Å². The Morgan fingerprint density at radius 1 is 0.404 bits per heavy atom. The summed E-state index contributed by atoms with van der Waals surface area (Å²) in [5, 5.41) is 7.45. The van der Waals surface area contributed by atoms with Crippen LogP contribution in [-0.2, 0) is 0 Å². The maximum atomic E-state index is 3.87. The lowest BCUT2D eigenvalue weighted by molar-refractivity contribution is 1.18. The van der Waals surface area contributed by atoms with E-state index in [1.165, 1.54) is 54.5 Å². The quantitative estimate of drug-likeness (QED) is 0.178. The summed E-state index contributed by atoms with van der Waals surface area (Å²) in [5.41, 5.74) is 9.29. The van der Waals surface area contributed by atoms with Crippen LogP contribution in [0.5, 0.6) is 0 Å². The predicted molar refractivity (Wildman–Crippen MR) is 204 cm³/mol. The molecule has 0 fully saturated rings. The molecule has 0 saturated heterocycles. The molecule has 1 heterocycles. The Balaban J connectivity index is 1.19. The highest BCUT2D eigenvalue weighted by atomic mass is 79.9. The van der Waals surface area contributed by atoms with Gasteiger partial charge in [-0.1, -0.05) is 125 Å². The van der Waals surface area contributed by atoms with Crippen molar-refractivity contribution in [2.75, 3.05) is 4.90 Å². The SMILES string of the molecule is Brc1cccc2ccc3c(c4ccc(-c5ccc(N(c6ccccc6)c6ccc7ccccc7c6)cc5)cc4n3-c3ccccc3)c12. The van der Waals surface area contributed by atoms with Crippen LogP contribution in [0.15, 0.2) is 180 Å². The Labute approximate surface area is 281 Å². The average Bonchev–Trinajstić information content (AvgIpc) is 3.47. The van der Waals surface area contributed by atoms with E-state index in [-0.39, 0.29) is 0 Å². The van der Waals surface area contributed by atoms with E-state index in [0.29, 0.717) is 0 Å². The molecule has 0 radical (unpaired) electrons. The van der Waals surface area contributed by atoms with Gasteiger partial charge in [-0.15, -0.1) is 0 Å². The van der Waals surface area contributed by atoms with Crippen LogP contribution in [0.1, 0.15) is 0 Å². The second-order valence-electron chi connectivity index (χ2n) is 11.9. The van der Waals surface area contributed by atoms with Crippen molar-refractivity contribution < 1.29 is 0 Å². The molecule has 1 aromatic heterocycles. The molecule has 0 N–H and O–H groups in total. The fourth-order valence-corrected chi connectivity index (χ4v) is 7.60. The third-order valence-corrected chi connectivity index (χ3v) is 9.86. The minimum absolute atomic E-state index is 1.11. The van der Waals surface area contributed by atoms with E-state index in [0.717, 1.165) is 27.2 Å². The topological polar surface area (TPSA) is 8.17 Å². The third-order valence-electron chi connectivity index (χ3n) is 9.20. The van der Waals surface area contributed by atoms with Crippen LogP contribution in [0.3, 0.4) is 0 Å². The van der Waals surface area contributed by atoms with E-state index in [1.807, 2.05) is 0 Å². The van der Waals surface area contributed by atoms with Crippen molar-refractivity contribution in [3.63, 3.8) is 0 Å². The van der Waals surface area contributed by atoms with Crippen molar-refractivity contribution in [1.29, 1.82) is 0 Å². The summed E-state index contributed by atoms with van der Waals surface area (Å²) in [6.07, 6.45) is 0. The van der Waals surface area contributed by atoms with Crippen molar-refractivity contribution >= 4 is 76.3 Å². The van der Waals surface area contributed by atoms with Crippen LogP contribution in [0.2, 0.25) is 0 Å². The molecular weight excluding hydrogens is 636 g/mol. The van der Waals surface area contributed by atoms with Gasteiger partial charge in [0.2, 0.25) is 0 Å². The monoisotopic (exact) mass is 664 g/mol. The number of aromatic nitrogens is 1. The molecule has 9 rings (SSSR count). The molecule has 0 aliphatic carbocycles. The van der Waals surface area contributed by atoms with Crippen LogP contribution in [0.4, 0.5) is 17.1 Å². The third kappa shape index (κ3) is 4.70. The van der Waals surface area contributed by atoms with Gasteiger partial charge in [0.15, 0.2) is 0 Å². The van der Waals surface area contributed by atoms with Crippen molar-refractivity contribution in [3.8, 4) is 16.8 Å². The number of benzene rings is 8. The fraction of sp³-hybridized carbons (Fsp3) is 0. The molecule has 0 amide bonds. The summed E-state index contributed by atoms with van der Waals surface area (Å²) in [5.74, 6) is 0. The van der Waals surface area contributed by atoms with Gasteiger partial charge in [0.25, 0.3) is 0 Å². The molecule has 47 heavy (non-hydrogen) atoms. The van der Waals surface area contributed by atoms with Gasteiger partial charge in [0.1, 0.15) is 0 Å². The molecule has 0 atom stereocenters. The molecule has 0 saturated carbocycles. The lowest BCUT2D eigenvalue weighted by atomic mass is 10.0. The average molecular weight is 666 g/mol. The van der Waals surface area contributed by atoms with E-state index in [9.17, 15) is 0 Å². The Kier molecular flexibility index (Phi) is 6.65. The number of fused-ring (bicyclic) bond motifs is 6. The summed E-state index contributed by atoms with van der Waals surface area (Å²) in [7, 11) is 0. The summed E-state index contributed by atoms with van der Waals surface area (Å²) >= 11 is 3.87. The summed E-state index contributed by atoms with van der Waals surface area (Å²) in [4.78, 5) is 2.33. The Bertz CT molecular complexity index is 2570. The molecular formula is C44H29BrN2. The highest BCUT2D eigenvalue weighted by Gasteiger charge is 2.18. The van der Waals surface area contributed by atoms with Crippen molar-refractivity contribution in [2.24, 2.45) is 0 Å². The van der Waals surface area contributed by atoms with Crippen molar-refractivity contribution in [3.05, 3.63) is 180 Å². The van der Waals surface area contributed by atoms with Gasteiger partial charge in [-0.05, 0) is 94.0 Å². The number of hydrogen-bond acceptors (Lipinski definition) is 1. The van der Waals surface area contributed by atoms with Gasteiger partial charge in [-0.25, -0.2) is 0 Å². The molecule has 0 aliphatic rings. The van der Waals surface area contributed by atoms with E-state index in [1.54, 1.807) is 0 Å². The second kappa shape index (κ2) is 11.3. The first-order chi connectivity index (χ1) is 23.2. The zero-order chi connectivity index (χ0) is 31.3. The van der Waals surface area contributed by atoms with Gasteiger partial charge < -0.3 is 9.47 Å². The lowest BCUT2D eigenvalue weighted by Gasteiger charge is -2.26. The predicted octanol–water partition coefficient (Wildman–Crippen LogP) is 13.0. The first-order valence-electron chi connectivity index (χ1n) is 15.9. The number of para-hydroxylation sites is 2. The molecule has 0 aliphatic heterocycles. The van der Waals surface area contributed by atoms with Gasteiger partial charge in [-0.2, -0.15) is 0 Å². The normalized spacial score (nSPS) is 11.5. The number of rotatable bonds is 5. The molecule has 0 bridgehead atoms. The number of nitrogens with zero attached hydrogens (tertiary/aromatic N) is 2. The minimum Gasteiger partial charge on any atom is -0.310 e. The number of hydrogen-bond donors (Lipinski definition) is 0. The van der Waals surface area contributed by atoms with Gasteiger partial charge in [0, 0.05) is 43.4 Å². The Morgan fingerprint density at radius 3 is 1.85 bits per heavy atom. The maximum Gasteiger partial charge on any atom is 0.0547 e. The maximum absolute atomic E-state index is 3.87. The lowest BCUT2D eigenvalue weighted by Crippen LogP contribution is -2.09. The summed E-state index contributed by atoms with van der Waals surface area (Å²) < 4.78 is 3.51. The Morgan fingerprint density at radius 2 is 1.04 bits per heavy atom. The fourth-order valence-electron chi connectivity index (χ4n) is 7.02. The summed E-state index contributed by atoms with van der Waals surface area (Å²) in [6.45, 7) is 0. The minimum atomic E-state index is 1.11. The van der Waals surface area contributed by atoms with E-state index in [4.69, 9.17) is 0 Å². The molecule has 8 aromatic carbocycles. The zero-order valence-electron chi connectivity index (χ0n) is 25.5. The highest BCUT2D eigenvalue weighted by Crippen LogP contribution is 2.42. The number of halogens is 1. The van der Waals surface area contributed by atoms with Crippen molar-refractivity contribution in [1.82, 2.24) is 4.57 Å². The van der Waals surface area contributed by atoms with Crippen LogP contribution in [-0.4, -0.2) is 4.57 Å². The molecule has 0 unspecified atom stereocenters. The van der Waals surface area contributed by atoms with Crippen molar-refractivity contribution in [2.45, 2.75) is 0 Å². The molecule has 222 valence electrons. The largest absolute Gasteiger partial charge is 0.310 e. The second-order valence-corrected chi connectivity index (χ2v) is 12.8. The Hall–Kier alpha value is -5.64. The zero-order valence-corrected chi connectivity index (χ0v) is 27.1. The highest BCUT2D eigenvalue weighted by molar-refractivity contribution is 9.10. The molecule has 3 heteroatoms. The van der Waals surface area contributed by atoms with Crippen LogP contribution in [0, 0.1) is 0 Å². The van der Waals surface area contributed by atoms with Gasteiger partial charge >= 0.3 is 0 Å². The molecule has 0 spiro atoms. The smallest absolute Gasteiger partial charge is 0.0547 e. The van der Waals surface area contributed by atoms with E-state index < -0.39 is 0 Å². The summed E-state index contributed by atoms with van der Waals surface area (Å²) in [6, 6.07) is 63.3. The van der Waals surface area contributed by atoms with Crippen LogP contribution < -0.4 is 4.90 Å². The first-order valence-corrected chi connectivity index (χ1v) is 16.7. The van der Waals surface area contributed by atoms with Crippen LogP contribution >= 0.6 is 15.9 Å².